The Balaban J connectivity index is 1.93. The molecule has 1 aliphatic rings. The van der Waals surface area contributed by atoms with E-state index in [0.29, 0.717) is 5.75 Å². The summed E-state index contributed by atoms with van der Waals surface area (Å²) in [5.74, 6) is 0.582. The molecule has 5 heteroatoms. The molecule has 0 amide bonds. The number of ether oxygens (including phenoxy) is 1. The Bertz CT molecular complexity index is 392. The Morgan fingerprint density at radius 3 is 3.12 bits per heavy atom. The molecule has 2 heterocycles. The highest BCUT2D eigenvalue weighted by Gasteiger charge is 2.29. The summed E-state index contributed by atoms with van der Waals surface area (Å²) in [6.45, 7) is 4.91. The lowest BCUT2D eigenvalue weighted by molar-refractivity contribution is 0.127. The predicted molar refractivity (Wildman–Crippen MR) is 71.8 cm³/mol. The third-order valence-electron chi connectivity index (χ3n) is 3.00. The van der Waals surface area contributed by atoms with Gasteiger partial charge in [0.25, 0.3) is 0 Å². The fourth-order valence-electron chi connectivity index (χ4n) is 2.05. The summed E-state index contributed by atoms with van der Waals surface area (Å²) in [4.78, 5) is 4.52. The van der Waals surface area contributed by atoms with Gasteiger partial charge in [0, 0.05) is 22.8 Å². The van der Waals surface area contributed by atoms with Crippen LogP contribution in [-0.2, 0) is 27.7 Å². The summed E-state index contributed by atoms with van der Waals surface area (Å²) in [7, 11) is -0.848. The van der Waals surface area contributed by atoms with E-state index in [1.165, 1.54) is 0 Å². The van der Waals surface area contributed by atoms with Gasteiger partial charge in [-0.15, -0.1) is 11.3 Å². The van der Waals surface area contributed by atoms with Crippen molar-refractivity contribution in [3.8, 4) is 0 Å². The molecule has 1 aliphatic heterocycles. The Hall–Kier alpha value is -0.260. The third-order valence-corrected chi connectivity index (χ3v) is 5.83. The number of hydrogen-bond donors (Lipinski definition) is 0. The van der Waals surface area contributed by atoms with Crippen LogP contribution in [0.25, 0.3) is 0 Å². The van der Waals surface area contributed by atoms with Crippen molar-refractivity contribution in [3.63, 3.8) is 0 Å². The van der Waals surface area contributed by atoms with Gasteiger partial charge in [-0.1, -0.05) is 6.92 Å². The van der Waals surface area contributed by atoms with E-state index < -0.39 is 10.8 Å². The molecule has 0 saturated carbocycles. The molecule has 0 unspecified atom stereocenters. The predicted octanol–water partition coefficient (Wildman–Crippen LogP) is 2.52. The average molecular weight is 273 g/mol. The molecule has 1 fully saturated rings. The number of nitrogens with zero attached hydrogens (tertiary/aromatic N) is 1. The first-order chi connectivity index (χ1) is 8.20. The summed E-state index contributed by atoms with van der Waals surface area (Å²) in [5.41, 5.74) is 0.982. The lowest BCUT2D eigenvalue weighted by Gasteiger charge is -2.12. The van der Waals surface area contributed by atoms with Crippen LogP contribution in [0.15, 0.2) is 5.38 Å². The van der Waals surface area contributed by atoms with Crippen LogP contribution in [0.3, 0.4) is 0 Å². The molecule has 0 aromatic carbocycles. The van der Waals surface area contributed by atoms with Crippen LogP contribution >= 0.6 is 11.3 Å². The summed E-state index contributed by atoms with van der Waals surface area (Å²) >= 11 is 1.68. The second-order valence-corrected chi connectivity index (χ2v) is 7.01. The number of rotatable bonds is 5. The van der Waals surface area contributed by atoms with Crippen molar-refractivity contribution >= 4 is 22.1 Å². The normalized spacial score (nSPS) is 26.2. The van der Waals surface area contributed by atoms with Crippen LogP contribution in [-0.4, -0.2) is 27.2 Å². The highest BCUT2D eigenvalue weighted by atomic mass is 32.2. The smallest absolute Gasteiger partial charge is 0.0928 e. The highest BCUT2D eigenvalue weighted by Crippen LogP contribution is 2.22. The van der Waals surface area contributed by atoms with Gasteiger partial charge in [0.1, 0.15) is 0 Å². The maximum absolute atomic E-state index is 12.2. The minimum Gasteiger partial charge on any atom is -0.377 e. The minimum atomic E-state index is -0.848. The van der Waals surface area contributed by atoms with Gasteiger partial charge < -0.3 is 4.74 Å². The fraction of sp³-hybridized carbons (Fsp3) is 0.750. The van der Waals surface area contributed by atoms with Crippen LogP contribution in [0.1, 0.15) is 37.4 Å². The lowest BCUT2D eigenvalue weighted by Crippen LogP contribution is -2.24. The van der Waals surface area contributed by atoms with Crippen molar-refractivity contribution in [2.24, 2.45) is 0 Å². The van der Waals surface area contributed by atoms with Gasteiger partial charge in [0.15, 0.2) is 0 Å². The molecule has 0 radical (unpaired) electrons. The van der Waals surface area contributed by atoms with Crippen molar-refractivity contribution in [1.29, 1.82) is 0 Å². The van der Waals surface area contributed by atoms with Gasteiger partial charge in [0.05, 0.1) is 27.8 Å². The van der Waals surface area contributed by atoms with E-state index in [1.807, 2.05) is 12.3 Å². The molecule has 1 aromatic rings. The fourth-order valence-corrected chi connectivity index (χ4v) is 4.58. The summed E-state index contributed by atoms with van der Waals surface area (Å²) in [6.07, 6.45) is 3.19. The van der Waals surface area contributed by atoms with Crippen molar-refractivity contribution in [3.05, 3.63) is 16.1 Å². The lowest BCUT2D eigenvalue weighted by atomic mass is 10.3. The second-order valence-electron chi connectivity index (χ2n) is 4.41. The zero-order valence-corrected chi connectivity index (χ0v) is 12.0. The first-order valence-electron chi connectivity index (χ1n) is 6.12. The molecule has 3 atom stereocenters. The molecule has 0 N–H and O–H groups in total. The summed E-state index contributed by atoms with van der Waals surface area (Å²) < 4.78 is 17.6. The van der Waals surface area contributed by atoms with Gasteiger partial charge in [-0.25, -0.2) is 4.98 Å². The number of aryl methyl sites for hydroxylation is 1. The van der Waals surface area contributed by atoms with E-state index in [0.717, 1.165) is 36.6 Å². The monoisotopic (exact) mass is 273 g/mol. The molecule has 3 nitrogen and oxygen atoms in total. The quantitative estimate of drug-likeness (QED) is 0.827. The molecule has 2 rings (SSSR count). The van der Waals surface area contributed by atoms with Crippen molar-refractivity contribution in [1.82, 2.24) is 4.98 Å². The molecule has 17 heavy (non-hydrogen) atoms. The van der Waals surface area contributed by atoms with Gasteiger partial charge >= 0.3 is 0 Å². The summed E-state index contributed by atoms with van der Waals surface area (Å²) in [5, 5.41) is 3.39. The molecular weight excluding hydrogens is 254 g/mol. The van der Waals surface area contributed by atoms with Crippen LogP contribution < -0.4 is 0 Å². The third kappa shape index (κ3) is 3.36. The average Bonchev–Trinajstić information content (AvgIpc) is 2.88. The second kappa shape index (κ2) is 6.07. The summed E-state index contributed by atoms with van der Waals surface area (Å²) in [6, 6.07) is 0. The van der Waals surface area contributed by atoms with Gasteiger partial charge in [0.2, 0.25) is 0 Å². The molecule has 1 aromatic heterocycles. The molecule has 1 saturated heterocycles. The maximum Gasteiger partial charge on any atom is 0.0928 e. The molecular formula is C12H19NO2S2. The van der Waals surface area contributed by atoms with E-state index >= 15 is 0 Å². The first-order valence-corrected chi connectivity index (χ1v) is 8.39. The molecule has 0 bridgehead atoms. The Morgan fingerprint density at radius 2 is 2.47 bits per heavy atom. The van der Waals surface area contributed by atoms with Crippen molar-refractivity contribution in [2.75, 3.05) is 6.61 Å². The Labute approximate surface area is 109 Å². The van der Waals surface area contributed by atoms with E-state index in [4.69, 9.17) is 4.74 Å². The van der Waals surface area contributed by atoms with Gasteiger partial charge in [-0.05, 0) is 26.2 Å². The molecule has 0 aliphatic carbocycles. The number of thiazole rings is 1. The van der Waals surface area contributed by atoms with Crippen LogP contribution in [0.4, 0.5) is 0 Å². The SMILES string of the molecule is CCCc1nc(C[S@](=O)[C@H]2CCO[C@H]2C)cs1. The topological polar surface area (TPSA) is 39.2 Å². The molecule has 0 spiro atoms. The van der Waals surface area contributed by atoms with E-state index in [2.05, 4.69) is 11.9 Å². The minimum absolute atomic E-state index is 0.129. The zero-order chi connectivity index (χ0) is 12.3. The van der Waals surface area contributed by atoms with E-state index in [9.17, 15) is 4.21 Å². The zero-order valence-electron chi connectivity index (χ0n) is 10.3. The van der Waals surface area contributed by atoms with Gasteiger partial charge in [-0.3, -0.25) is 4.21 Å². The number of aromatic nitrogens is 1. The largest absolute Gasteiger partial charge is 0.377 e. The van der Waals surface area contributed by atoms with E-state index in [-0.39, 0.29) is 11.4 Å². The van der Waals surface area contributed by atoms with Crippen LogP contribution in [0.5, 0.6) is 0 Å². The Morgan fingerprint density at radius 1 is 1.65 bits per heavy atom. The van der Waals surface area contributed by atoms with E-state index in [1.54, 1.807) is 11.3 Å². The van der Waals surface area contributed by atoms with Crippen LogP contribution in [0, 0.1) is 0 Å². The molecule has 96 valence electrons. The first kappa shape index (κ1) is 13.2. The van der Waals surface area contributed by atoms with Crippen molar-refractivity contribution < 1.29 is 8.95 Å². The van der Waals surface area contributed by atoms with Gasteiger partial charge in [-0.2, -0.15) is 0 Å². The Kier molecular flexibility index (Phi) is 4.70. The number of hydrogen-bond acceptors (Lipinski definition) is 4. The van der Waals surface area contributed by atoms with Crippen molar-refractivity contribution in [2.45, 2.75) is 50.2 Å². The highest BCUT2D eigenvalue weighted by molar-refractivity contribution is 7.84. The standard InChI is InChI=1S/C12H19NO2S2/c1-3-4-12-13-10(7-16-12)8-17(14)11-5-6-15-9(11)2/h7,9,11H,3-6,8H2,1-2H3/t9-,11-,17-/m0/s1. The van der Waals surface area contributed by atoms with Crippen LogP contribution in [0.2, 0.25) is 0 Å². The maximum atomic E-state index is 12.2.